The minimum absolute atomic E-state index is 0.207. The Kier molecular flexibility index (Phi) is 7.45. The highest BCUT2D eigenvalue weighted by Gasteiger charge is 2.22. The normalized spacial score (nSPS) is 16.4. The van der Waals surface area contributed by atoms with Gasteiger partial charge in [0.2, 0.25) is 0 Å². The molecule has 0 bridgehead atoms. The molecule has 0 aliphatic carbocycles. The molecule has 1 aliphatic heterocycles. The molecule has 0 aromatic heterocycles. The first kappa shape index (κ1) is 20.5. The molecule has 1 saturated heterocycles. The highest BCUT2D eigenvalue weighted by molar-refractivity contribution is 5.96. The number of benzene rings is 1. The van der Waals surface area contributed by atoms with Gasteiger partial charge in [0.05, 0.1) is 14.2 Å². The van der Waals surface area contributed by atoms with Gasteiger partial charge < -0.3 is 24.4 Å². The number of hydrogen-bond acceptors (Lipinski definition) is 6. The lowest BCUT2D eigenvalue weighted by Crippen LogP contribution is -2.42. The molecule has 27 heavy (non-hydrogen) atoms. The number of likely N-dealkylation sites (tertiary alicyclic amines) is 1. The molecular formula is C19H26N2O6. The van der Waals surface area contributed by atoms with Crippen molar-refractivity contribution in [1.82, 2.24) is 10.2 Å². The molecule has 1 atom stereocenters. The van der Waals surface area contributed by atoms with Crippen molar-refractivity contribution in [2.24, 2.45) is 5.92 Å². The Morgan fingerprint density at radius 1 is 1.19 bits per heavy atom. The van der Waals surface area contributed by atoms with E-state index in [0.717, 1.165) is 12.8 Å². The Morgan fingerprint density at radius 2 is 1.93 bits per heavy atom. The summed E-state index contributed by atoms with van der Waals surface area (Å²) in [5, 5.41) is 2.46. The third-order valence-electron chi connectivity index (χ3n) is 4.41. The van der Waals surface area contributed by atoms with E-state index in [9.17, 15) is 14.4 Å². The van der Waals surface area contributed by atoms with Crippen LogP contribution in [0.2, 0.25) is 0 Å². The maximum absolute atomic E-state index is 12.1. The van der Waals surface area contributed by atoms with E-state index in [4.69, 9.17) is 14.2 Å². The van der Waals surface area contributed by atoms with Gasteiger partial charge in [-0.05, 0) is 37.0 Å². The van der Waals surface area contributed by atoms with Crippen molar-refractivity contribution >= 4 is 17.8 Å². The van der Waals surface area contributed by atoms with Crippen LogP contribution >= 0.6 is 0 Å². The van der Waals surface area contributed by atoms with Gasteiger partial charge in [-0.25, -0.2) is 0 Å². The summed E-state index contributed by atoms with van der Waals surface area (Å²) in [7, 11) is 2.97. The lowest BCUT2D eigenvalue weighted by atomic mass is 10.0. The number of nitrogens with zero attached hydrogens (tertiary/aromatic N) is 1. The van der Waals surface area contributed by atoms with Crippen molar-refractivity contribution in [3.8, 4) is 11.5 Å². The summed E-state index contributed by atoms with van der Waals surface area (Å²) in [6.45, 7) is 2.84. The van der Waals surface area contributed by atoms with Crippen LogP contribution in [-0.4, -0.2) is 63.1 Å². The fourth-order valence-electron chi connectivity index (χ4n) is 2.93. The third-order valence-corrected chi connectivity index (χ3v) is 4.41. The molecule has 2 rings (SSSR count). The van der Waals surface area contributed by atoms with Crippen LogP contribution in [0, 0.1) is 5.92 Å². The number of methoxy groups -OCH3 is 2. The van der Waals surface area contributed by atoms with E-state index in [1.165, 1.54) is 20.3 Å². The molecular weight excluding hydrogens is 352 g/mol. The van der Waals surface area contributed by atoms with Crippen LogP contribution in [-0.2, 0) is 14.3 Å². The molecule has 1 fully saturated rings. The van der Waals surface area contributed by atoms with Crippen molar-refractivity contribution in [1.29, 1.82) is 0 Å². The third kappa shape index (κ3) is 5.87. The van der Waals surface area contributed by atoms with Crippen molar-refractivity contribution in [2.45, 2.75) is 19.8 Å². The van der Waals surface area contributed by atoms with Gasteiger partial charge in [0, 0.05) is 18.7 Å². The minimum atomic E-state index is -0.665. The molecule has 8 heteroatoms. The van der Waals surface area contributed by atoms with Crippen molar-refractivity contribution < 1.29 is 28.6 Å². The second-order valence-corrected chi connectivity index (χ2v) is 6.50. The number of rotatable bonds is 7. The molecule has 1 heterocycles. The van der Waals surface area contributed by atoms with Crippen molar-refractivity contribution in [2.75, 3.05) is 40.5 Å². The maximum atomic E-state index is 12.1. The highest BCUT2D eigenvalue weighted by atomic mass is 16.5. The molecule has 1 aromatic carbocycles. The summed E-state index contributed by atoms with van der Waals surface area (Å²) in [5.41, 5.74) is 0.318. The molecule has 8 nitrogen and oxygen atoms in total. The Morgan fingerprint density at radius 3 is 2.59 bits per heavy atom. The summed E-state index contributed by atoms with van der Waals surface area (Å²) in [4.78, 5) is 37.7. The number of piperidine rings is 1. The van der Waals surface area contributed by atoms with Crippen molar-refractivity contribution in [3.63, 3.8) is 0 Å². The largest absolute Gasteiger partial charge is 0.493 e. The number of carbonyl (C=O) groups excluding carboxylic acids is 3. The van der Waals surface area contributed by atoms with Gasteiger partial charge in [0.15, 0.2) is 18.1 Å². The molecule has 2 amide bonds. The number of carbonyl (C=O) groups is 3. The highest BCUT2D eigenvalue weighted by Crippen LogP contribution is 2.27. The van der Waals surface area contributed by atoms with Gasteiger partial charge in [-0.2, -0.15) is 0 Å². The number of ether oxygens (including phenoxy) is 3. The average Bonchev–Trinajstić information content (AvgIpc) is 2.69. The van der Waals surface area contributed by atoms with Crippen LogP contribution in [0.5, 0.6) is 11.5 Å². The monoisotopic (exact) mass is 378 g/mol. The SMILES string of the molecule is COc1ccc(C(=O)NCC(=O)OCC(=O)N2CCCC(C)C2)cc1OC. The molecule has 0 radical (unpaired) electrons. The van der Waals surface area contributed by atoms with Gasteiger partial charge in [0.25, 0.3) is 11.8 Å². The van der Waals surface area contributed by atoms with Gasteiger partial charge in [-0.15, -0.1) is 0 Å². The Balaban J connectivity index is 1.78. The van der Waals surface area contributed by atoms with E-state index in [-0.39, 0.29) is 19.1 Å². The van der Waals surface area contributed by atoms with Gasteiger partial charge >= 0.3 is 5.97 Å². The Bertz CT molecular complexity index is 691. The fraction of sp³-hybridized carbons (Fsp3) is 0.526. The molecule has 0 spiro atoms. The second-order valence-electron chi connectivity index (χ2n) is 6.50. The van der Waals surface area contributed by atoms with Crippen LogP contribution in [0.3, 0.4) is 0 Å². The number of esters is 1. The molecule has 1 aromatic rings. The van der Waals surface area contributed by atoms with Crippen molar-refractivity contribution in [3.05, 3.63) is 23.8 Å². The van der Waals surface area contributed by atoms with Gasteiger partial charge in [-0.3, -0.25) is 14.4 Å². The average molecular weight is 378 g/mol. The van der Waals surface area contributed by atoms with Crippen LogP contribution in [0.1, 0.15) is 30.1 Å². The van der Waals surface area contributed by atoms with Crippen LogP contribution in [0.15, 0.2) is 18.2 Å². The van der Waals surface area contributed by atoms with E-state index in [1.807, 2.05) is 0 Å². The number of amides is 2. The lowest BCUT2D eigenvalue weighted by Gasteiger charge is -2.30. The molecule has 1 aliphatic rings. The maximum Gasteiger partial charge on any atom is 0.325 e. The van der Waals surface area contributed by atoms with Gasteiger partial charge in [-0.1, -0.05) is 6.92 Å². The number of nitrogens with one attached hydrogen (secondary N) is 1. The minimum Gasteiger partial charge on any atom is -0.493 e. The lowest BCUT2D eigenvalue weighted by molar-refractivity contribution is -0.151. The second kappa shape index (κ2) is 9.80. The molecule has 148 valence electrons. The zero-order valence-electron chi connectivity index (χ0n) is 15.9. The first-order chi connectivity index (χ1) is 12.9. The molecule has 1 unspecified atom stereocenters. The van der Waals surface area contributed by atoms with E-state index in [1.54, 1.807) is 17.0 Å². The summed E-state index contributed by atoms with van der Waals surface area (Å²) < 4.78 is 15.2. The van der Waals surface area contributed by atoms with E-state index in [0.29, 0.717) is 36.1 Å². The van der Waals surface area contributed by atoms with Gasteiger partial charge in [0.1, 0.15) is 6.54 Å². The Labute approximate surface area is 158 Å². The molecule has 0 saturated carbocycles. The zero-order chi connectivity index (χ0) is 19.8. The summed E-state index contributed by atoms with van der Waals surface area (Å²) >= 11 is 0. The fourth-order valence-corrected chi connectivity index (χ4v) is 2.93. The Hall–Kier alpha value is -2.77. The predicted octanol–water partition coefficient (Wildman–Crippen LogP) is 1.24. The number of hydrogen-bond donors (Lipinski definition) is 1. The standard InChI is InChI=1S/C19H26N2O6/c1-13-5-4-8-21(11-13)17(22)12-27-18(23)10-20-19(24)14-6-7-15(25-2)16(9-14)26-3/h6-7,9,13H,4-5,8,10-12H2,1-3H3,(H,20,24). The predicted molar refractivity (Wildman–Crippen MR) is 97.8 cm³/mol. The zero-order valence-corrected chi connectivity index (χ0v) is 15.9. The summed E-state index contributed by atoms with van der Waals surface area (Å²) in [6.07, 6.45) is 2.06. The molecule has 1 N–H and O–H groups in total. The summed E-state index contributed by atoms with van der Waals surface area (Å²) in [5.74, 6) is 0.0414. The quantitative estimate of drug-likeness (QED) is 0.718. The summed E-state index contributed by atoms with van der Waals surface area (Å²) in [6, 6.07) is 4.67. The van der Waals surface area contributed by atoms with Crippen LogP contribution < -0.4 is 14.8 Å². The first-order valence-corrected chi connectivity index (χ1v) is 8.88. The smallest absolute Gasteiger partial charge is 0.325 e. The van der Waals surface area contributed by atoms with Crippen LogP contribution in [0.4, 0.5) is 0 Å². The van der Waals surface area contributed by atoms with E-state index >= 15 is 0 Å². The first-order valence-electron chi connectivity index (χ1n) is 8.88. The van der Waals surface area contributed by atoms with E-state index in [2.05, 4.69) is 12.2 Å². The topological polar surface area (TPSA) is 94.2 Å². The van der Waals surface area contributed by atoms with E-state index < -0.39 is 11.9 Å². The van der Waals surface area contributed by atoms with Crippen LogP contribution in [0.25, 0.3) is 0 Å².